The summed E-state index contributed by atoms with van der Waals surface area (Å²) in [5.41, 5.74) is 0.625. The fraction of sp³-hybridized carbons (Fsp3) is 0.571. The van der Waals surface area contributed by atoms with Gasteiger partial charge in [-0.3, -0.25) is 0 Å². The molecule has 106 valence electrons. The Bertz CT molecular complexity index is 412. The van der Waals surface area contributed by atoms with Crippen LogP contribution in [0.3, 0.4) is 0 Å². The van der Waals surface area contributed by atoms with Gasteiger partial charge in [0.2, 0.25) is 0 Å². The van der Waals surface area contributed by atoms with E-state index < -0.39 is 11.6 Å². The van der Waals surface area contributed by atoms with E-state index in [1.807, 2.05) is 0 Å². The molecule has 19 heavy (non-hydrogen) atoms. The van der Waals surface area contributed by atoms with Gasteiger partial charge in [0.25, 0.3) is 0 Å². The molecule has 1 fully saturated rings. The van der Waals surface area contributed by atoms with Crippen molar-refractivity contribution in [3.8, 4) is 0 Å². The van der Waals surface area contributed by atoms with Crippen LogP contribution in [0.5, 0.6) is 0 Å². The van der Waals surface area contributed by atoms with Gasteiger partial charge >= 0.3 is 0 Å². The first-order chi connectivity index (χ1) is 9.11. The molecule has 2 nitrogen and oxygen atoms in total. The van der Waals surface area contributed by atoms with E-state index in [-0.39, 0.29) is 11.8 Å². The quantitative estimate of drug-likeness (QED) is 0.775. The van der Waals surface area contributed by atoms with Crippen molar-refractivity contribution in [2.75, 3.05) is 25.1 Å². The first-order valence-corrected chi connectivity index (χ1v) is 7.60. The minimum absolute atomic E-state index is 0.0267. The van der Waals surface area contributed by atoms with Crippen molar-refractivity contribution in [2.45, 2.75) is 30.7 Å². The molecule has 1 aliphatic rings. The van der Waals surface area contributed by atoms with E-state index in [2.05, 4.69) is 15.9 Å². The Balaban J connectivity index is 2.11. The van der Waals surface area contributed by atoms with Crippen LogP contribution < -0.4 is 4.90 Å². The number of hydrogen-bond acceptors (Lipinski definition) is 2. The van der Waals surface area contributed by atoms with Crippen molar-refractivity contribution >= 4 is 21.6 Å². The molecule has 2 rings (SSSR count). The van der Waals surface area contributed by atoms with E-state index in [0.717, 1.165) is 25.9 Å². The molecule has 1 aromatic carbocycles. The summed E-state index contributed by atoms with van der Waals surface area (Å²) >= 11 is 3.20. The Morgan fingerprint density at radius 3 is 2.53 bits per heavy atom. The highest BCUT2D eigenvalue weighted by atomic mass is 79.9. The normalized spacial score (nSPS) is 19.5. The van der Waals surface area contributed by atoms with Crippen LogP contribution in [0.4, 0.5) is 14.5 Å². The lowest BCUT2D eigenvalue weighted by Gasteiger charge is -2.29. The maximum atomic E-state index is 14.0. The summed E-state index contributed by atoms with van der Waals surface area (Å²) in [7, 11) is 1.70. The molecule has 0 spiro atoms. The zero-order valence-corrected chi connectivity index (χ0v) is 12.6. The number of alkyl halides is 1. The van der Waals surface area contributed by atoms with Crippen molar-refractivity contribution in [1.82, 2.24) is 0 Å². The van der Waals surface area contributed by atoms with Gasteiger partial charge in [0, 0.05) is 25.5 Å². The van der Waals surface area contributed by atoms with E-state index in [1.54, 1.807) is 11.9 Å². The highest BCUT2D eigenvalue weighted by molar-refractivity contribution is 9.08. The minimum atomic E-state index is -0.521. The highest BCUT2D eigenvalue weighted by Crippen LogP contribution is 2.26. The molecule has 0 bridgehead atoms. The lowest BCUT2D eigenvalue weighted by Crippen LogP contribution is -2.34. The van der Waals surface area contributed by atoms with Gasteiger partial charge in [-0.2, -0.15) is 0 Å². The number of benzene rings is 1. The first-order valence-electron chi connectivity index (χ1n) is 6.48. The van der Waals surface area contributed by atoms with Gasteiger partial charge in [-0.05, 0) is 37.0 Å². The number of anilines is 1. The van der Waals surface area contributed by atoms with Crippen molar-refractivity contribution in [1.29, 1.82) is 0 Å². The lowest BCUT2D eigenvalue weighted by atomic mass is 10.1. The average Bonchev–Trinajstić information content (AvgIpc) is 2.38. The lowest BCUT2D eigenvalue weighted by molar-refractivity contribution is 0.0215. The molecule has 0 N–H and O–H groups in total. The fourth-order valence-electron chi connectivity index (χ4n) is 2.41. The van der Waals surface area contributed by atoms with Crippen LogP contribution in [0, 0.1) is 11.6 Å². The molecule has 1 aliphatic heterocycles. The highest BCUT2D eigenvalue weighted by Gasteiger charge is 2.20. The Morgan fingerprint density at radius 2 is 2.00 bits per heavy atom. The minimum Gasteiger partial charge on any atom is -0.376 e. The van der Waals surface area contributed by atoms with E-state index in [1.165, 1.54) is 12.1 Å². The Morgan fingerprint density at radius 1 is 1.32 bits per heavy atom. The van der Waals surface area contributed by atoms with Crippen LogP contribution in [0.15, 0.2) is 12.1 Å². The van der Waals surface area contributed by atoms with Crippen LogP contribution in [0.25, 0.3) is 0 Å². The average molecular weight is 334 g/mol. The number of nitrogens with zero attached hydrogens (tertiary/aromatic N) is 1. The summed E-state index contributed by atoms with van der Waals surface area (Å²) in [5, 5.41) is 0.441. The molecular formula is C14H18BrF2NO. The predicted molar refractivity (Wildman–Crippen MR) is 75.9 cm³/mol. The standard InChI is InChI=1S/C14H18BrF2NO/c1-18(9-11-4-2-3-5-19-11)14-12(16)6-10(8-15)7-13(14)17/h6-7,11H,2-5,8-9H2,1H3. The molecule has 1 atom stereocenters. The van der Waals surface area contributed by atoms with Crippen LogP contribution in [0.1, 0.15) is 24.8 Å². The second-order valence-corrected chi connectivity index (χ2v) is 5.47. The third kappa shape index (κ3) is 3.66. The second-order valence-electron chi connectivity index (χ2n) is 4.91. The number of hydrogen-bond donors (Lipinski definition) is 0. The van der Waals surface area contributed by atoms with Gasteiger partial charge < -0.3 is 9.64 Å². The second kappa shape index (κ2) is 6.66. The molecule has 0 aliphatic carbocycles. The summed E-state index contributed by atoms with van der Waals surface area (Å²) in [5.74, 6) is -1.04. The Labute approximate surface area is 120 Å². The van der Waals surface area contributed by atoms with Crippen LogP contribution in [0.2, 0.25) is 0 Å². The predicted octanol–water partition coefficient (Wildman–Crippen LogP) is 3.87. The molecule has 0 amide bonds. The topological polar surface area (TPSA) is 12.5 Å². The Kier molecular flexibility index (Phi) is 5.16. The smallest absolute Gasteiger partial charge is 0.149 e. The Hall–Kier alpha value is -0.680. The fourth-order valence-corrected chi connectivity index (χ4v) is 2.73. The van der Waals surface area contributed by atoms with E-state index >= 15 is 0 Å². The maximum absolute atomic E-state index is 14.0. The van der Waals surface area contributed by atoms with Crippen LogP contribution in [-0.2, 0) is 10.1 Å². The van der Waals surface area contributed by atoms with Crippen LogP contribution in [-0.4, -0.2) is 26.3 Å². The van der Waals surface area contributed by atoms with Crippen LogP contribution >= 0.6 is 15.9 Å². The number of halogens is 3. The molecule has 0 aromatic heterocycles. The van der Waals surface area contributed by atoms with Gasteiger partial charge in [-0.15, -0.1) is 0 Å². The molecule has 1 aromatic rings. The van der Waals surface area contributed by atoms with Gasteiger partial charge in [0.1, 0.15) is 17.3 Å². The van der Waals surface area contributed by atoms with E-state index in [9.17, 15) is 8.78 Å². The maximum Gasteiger partial charge on any atom is 0.149 e. The largest absolute Gasteiger partial charge is 0.376 e. The van der Waals surface area contributed by atoms with Gasteiger partial charge in [0.15, 0.2) is 0 Å². The molecule has 5 heteroatoms. The van der Waals surface area contributed by atoms with Crippen molar-refractivity contribution in [3.63, 3.8) is 0 Å². The molecule has 0 saturated carbocycles. The first kappa shape index (κ1) is 14.7. The summed E-state index contributed by atoms with van der Waals surface area (Å²) in [4.78, 5) is 1.61. The summed E-state index contributed by atoms with van der Waals surface area (Å²) in [6.07, 6.45) is 3.20. The van der Waals surface area contributed by atoms with Gasteiger partial charge in [0.05, 0.1) is 6.10 Å². The van der Waals surface area contributed by atoms with E-state index in [0.29, 0.717) is 17.4 Å². The summed E-state index contributed by atoms with van der Waals surface area (Å²) in [6.45, 7) is 1.26. The molecule has 1 heterocycles. The van der Waals surface area contributed by atoms with Crippen molar-refractivity contribution in [3.05, 3.63) is 29.3 Å². The third-order valence-electron chi connectivity index (χ3n) is 3.36. The summed E-state index contributed by atoms with van der Waals surface area (Å²) in [6, 6.07) is 2.73. The molecular weight excluding hydrogens is 316 g/mol. The number of ether oxygens (including phenoxy) is 1. The van der Waals surface area contributed by atoms with Crippen molar-refractivity contribution < 1.29 is 13.5 Å². The van der Waals surface area contributed by atoms with E-state index in [4.69, 9.17) is 4.74 Å². The third-order valence-corrected chi connectivity index (χ3v) is 4.01. The molecule has 1 saturated heterocycles. The van der Waals surface area contributed by atoms with Crippen molar-refractivity contribution in [2.24, 2.45) is 0 Å². The van der Waals surface area contributed by atoms with Gasteiger partial charge in [-0.25, -0.2) is 8.78 Å². The molecule has 0 radical (unpaired) electrons. The van der Waals surface area contributed by atoms with Gasteiger partial charge in [-0.1, -0.05) is 15.9 Å². The zero-order chi connectivity index (χ0) is 13.8. The zero-order valence-electron chi connectivity index (χ0n) is 11.0. The monoisotopic (exact) mass is 333 g/mol. The molecule has 1 unspecified atom stereocenters. The summed E-state index contributed by atoms with van der Waals surface area (Å²) < 4.78 is 33.5. The number of likely N-dealkylation sites (N-methyl/N-ethyl adjacent to an activating group) is 1. The SMILES string of the molecule is CN(CC1CCCCO1)c1c(F)cc(CBr)cc1F. The number of rotatable bonds is 4.